The van der Waals surface area contributed by atoms with E-state index in [-0.39, 0.29) is 12.0 Å². The van der Waals surface area contributed by atoms with E-state index in [9.17, 15) is 14.7 Å². The second-order valence-corrected chi connectivity index (χ2v) is 7.66. The molecule has 0 spiro atoms. The standard InChI is InChI=1S/C17H31NO4/c1-12(2)11-14(15(19)20)18(13-9-7-6-8-10-13)16(21)22-17(3,4)5/h12-14H,6-11H2,1-5H3,(H,19,20). The highest BCUT2D eigenvalue weighted by atomic mass is 16.6. The molecule has 1 saturated carbocycles. The maximum atomic E-state index is 12.6. The molecule has 0 radical (unpaired) electrons. The number of carbonyl (C=O) groups excluding carboxylic acids is 1. The molecule has 1 unspecified atom stereocenters. The molecule has 5 nitrogen and oxygen atoms in total. The van der Waals surface area contributed by atoms with Gasteiger partial charge in [-0.1, -0.05) is 33.1 Å². The van der Waals surface area contributed by atoms with E-state index in [0.29, 0.717) is 6.42 Å². The van der Waals surface area contributed by atoms with Crippen LogP contribution in [0.4, 0.5) is 4.79 Å². The van der Waals surface area contributed by atoms with Crippen molar-refractivity contribution >= 4 is 12.1 Å². The summed E-state index contributed by atoms with van der Waals surface area (Å²) in [5, 5.41) is 9.62. The van der Waals surface area contributed by atoms with Crippen LogP contribution >= 0.6 is 0 Å². The molecule has 0 heterocycles. The van der Waals surface area contributed by atoms with Gasteiger partial charge < -0.3 is 9.84 Å². The number of rotatable bonds is 5. The van der Waals surface area contributed by atoms with Gasteiger partial charge in [0.25, 0.3) is 0 Å². The first-order valence-electron chi connectivity index (χ1n) is 8.36. The number of aliphatic carboxylic acids is 1. The first-order chi connectivity index (χ1) is 10.1. The summed E-state index contributed by atoms with van der Waals surface area (Å²) in [6, 6.07) is -0.832. The van der Waals surface area contributed by atoms with Gasteiger partial charge in [0.2, 0.25) is 0 Å². The van der Waals surface area contributed by atoms with Crippen LogP contribution in [-0.4, -0.2) is 39.8 Å². The maximum absolute atomic E-state index is 12.6. The van der Waals surface area contributed by atoms with Gasteiger partial charge >= 0.3 is 12.1 Å². The molecular formula is C17H31NO4. The number of hydrogen-bond acceptors (Lipinski definition) is 3. The van der Waals surface area contributed by atoms with Crippen molar-refractivity contribution in [3.63, 3.8) is 0 Å². The number of ether oxygens (including phenoxy) is 1. The quantitative estimate of drug-likeness (QED) is 0.831. The Morgan fingerprint density at radius 1 is 1.18 bits per heavy atom. The zero-order chi connectivity index (χ0) is 16.9. The number of carbonyl (C=O) groups is 2. The Morgan fingerprint density at radius 2 is 1.73 bits per heavy atom. The van der Waals surface area contributed by atoms with E-state index >= 15 is 0 Å². The van der Waals surface area contributed by atoms with Crippen LogP contribution in [0, 0.1) is 5.92 Å². The minimum absolute atomic E-state index is 0.0246. The number of carboxylic acid groups (broad SMARTS) is 1. The van der Waals surface area contributed by atoms with Gasteiger partial charge in [0, 0.05) is 6.04 Å². The summed E-state index contributed by atoms with van der Waals surface area (Å²) in [4.78, 5) is 25.9. The van der Waals surface area contributed by atoms with E-state index in [4.69, 9.17) is 4.74 Å². The first-order valence-corrected chi connectivity index (χ1v) is 8.36. The molecular weight excluding hydrogens is 282 g/mol. The third-order valence-corrected chi connectivity index (χ3v) is 3.89. The fourth-order valence-electron chi connectivity index (χ4n) is 2.98. The van der Waals surface area contributed by atoms with E-state index in [0.717, 1.165) is 32.1 Å². The lowest BCUT2D eigenvalue weighted by Gasteiger charge is -2.39. The van der Waals surface area contributed by atoms with Crippen molar-refractivity contribution in [2.24, 2.45) is 5.92 Å². The molecule has 1 aliphatic carbocycles. The Labute approximate surface area is 134 Å². The number of amides is 1. The molecule has 0 bridgehead atoms. The number of nitrogens with zero attached hydrogens (tertiary/aromatic N) is 1. The number of hydrogen-bond donors (Lipinski definition) is 1. The van der Waals surface area contributed by atoms with Crippen molar-refractivity contribution in [3.05, 3.63) is 0 Å². The average Bonchev–Trinajstić information content (AvgIpc) is 2.36. The highest BCUT2D eigenvalue weighted by molar-refractivity contribution is 5.80. The third kappa shape index (κ3) is 5.85. The highest BCUT2D eigenvalue weighted by Gasteiger charge is 2.38. The minimum atomic E-state index is -0.940. The van der Waals surface area contributed by atoms with Crippen molar-refractivity contribution in [3.8, 4) is 0 Å². The Balaban J connectivity index is 3.01. The summed E-state index contributed by atoms with van der Waals surface area (Å²) in [5.41, 5.74) is -0.620. The smallest absolute Gasteiger partial charge is 0.411 e. The lowest BCUT2D eigenvalue weighted by atomic mass is 9.92. The molecule has 22 heavy (non-hydrogen) atoms. The lowest BCUT2D eigenvalue weighted by molar-refractivity contribution is -0.145. The average molecular weight is 313 g/mol. The lowest BCUT2D eigenvalue weighted by Crippen LogP contribution is -2.53. The van der Waals surface area contributed by atoms with Gasteiger partial charge in [-0.05, 0) is 46.0 Å². The molecule has 0 saturated heterocycles. The van der Waals surface area contributed by atoms with Crippen LogP contribution in [0.15, 0.2) is 0 Å². The highest BCUT2D eigenvalue weighted by Crippen LogP contribution is 2.28. The van der Waals surface area contributed by atoms with Crippen molar-refractivity contribution in [2.45, 2.75) is 90.8 Å². The molecule has 5 heteroatoms. The topological polar surface area (TPSA) is 66.8 Å². The molecule has 0 aliphatic heterocycles. The van der Waals surface area contributed by atoms with Gasteiger partial charge in [-0.25, -0.2) is 9.59 Å². The van der Waals surface area contributed by atoms with Gasteiger partial charge in [-0.2, -0.15) is 0 Å². The summed E-state index contributed by atoms with van der Waals surface area (Å²) in [6.45, 7) is 9.38. The fourth-order valence-corrected chi connectivity index (χ4v) is 2.98. The fraction of sp³-hybridized carbons (Fsp3) is 0.882. The third-order valence-electron chi connectivity index (χ3n) is 3.89. The summed E-state index contributed by atoms with van der Waals surface area (Å²) in [7, 11) is 0. The largest absolute Gasteiger partial charge is 0.480 e. The summed E-state index contributed by atoms with van der Waals surface area (Å²) in [5.74, 6) is -0.736. The van der Waals surface area contributed by atoms with Gasteiger partial charge in [-0.15, -0.1) is 0 Å². The predicted octanol–water partition coefficient (Wildman–Crippen LogP) is 4.06. The molecule has 1 N–H and O–H groups in total. The second kappa shape index (κ2) is 7.84. The molecule has 0 aromatic carbocycles. The van der Waals surface area contributed by atoms with Crippen LogP contribution in [0.3, 0.4) is 0 Å². The Kier molecular flexibility index (Phi) is 6.69. The van der Waals surface area contributed by atoms with Crippen LogP contribution < -0.4 is 0 Å². The first kappa shape index (κ1) is 18.8. The Hall–Kier alpha value is -1.26. The zero-order valence-electron chi connectivity index (χ0n) is 14.6. The molecule has 1 amide bonds. The predicted molar refractivity (Wildman–Crippen MR) is 85.8 cm³/mol. The second-order valence-electron chi connectivity index (χ2n) is 7.66. The maximum Gasteiger partial charge on any atom is 0.411 e. The molecule has 1 fully saturated rings. The van der Waals surface area contributed by atoms with Gasteiger partial charge in [0.1, 0.15) is 11.6 Å². The molecule has 0 aromatic heterocycles. The van der Waals surface area contributed by atoms with Crippen LogP contribution in [0.2, 0.25) is 0 Å². The SMILES string of the molecule is CC(C)CC(C(=O)O)N(C(=O)OC(C)(C)C)C1CCCCC1. The molecule has 128 valence electrons. The van der Waals surface area contributed by atoms with Crippen LogP contribution in [-0.2, 0) is 9.53 Å². The molecule has 1 atom stereocenters. The van der Waals surface area contributed by atoms with Crippen molar-refractivity contribution in [1.29, 1.82) is 0 Å². The van der Waals surface area contributed by atoms with Crippen molar-refractivity contribution < 1.29 is 19.4 Å². The van der Waals surface area contributed by atoms with Crippen LogP contribution in [0.25, 0.3) is 0 Å². The van der Waals surface area contributed by atoms with Gasteiger partial charge in [-0.3, -0.25) is 4.90 Å². The van der Waals surface area contributed by atoms with E-state index < -0.39 is 23.7 Å². The zero-order valence-corrected chi connectivity index (χ0v) is 14.6. The monoisotopic (exact) mass is 313 g/mol. The number of carboxylic acids is 1. The van der Waals surface area contributed by atoms with E-state index in [1.807, 2.05) is 34.6 Å². The minimum Gasteiger partial charge on any atom is -0.480 e. The van der Waals surface area contributed by atoms with Gasteiger partial charge in [0.05, 0.1) is 0 Å². The van der Waals surface area contributed by atoms with Crippen molar-refractivity contribution in [2.75, 3.05) is 0 Å². The normalized spacial score (nSPS) is 18.1. The summed E-state index contributed by atoms with van der Waals surface area (Å²) < 4.78 is 5.49. The van der Waals surface area contributed by atoms with Crippen LogP contribution in [0.5, 0.6) is 0 Å². The van der Waals surface area contributed by atoms with Crippen LogP contribution in [0.1, 0.15) is 73.1 Å². The van der Waals surface area contributed by atoms with Crippen molar-refractivity contribution in [1.82, 2.24) is 4.90 Å². The molecule has 1 aliphatic rings. The Bertz CT molecular complexity index is 381. The summed E-state index contributed by atoms with van der Waals surface area (Å²) in [6.07, 6.45) is 4.91. The van der Waals surface area contributed by atoms with E-state index in [1.54, 1.807) is 0 Å². The van der Waals surface area contributed by atoms with Gasteiger partial charge in [0.15, 0.2) is 0 Å². The van der Waals surface area contributed by atoms with E-state index in [1.165, 1.54) is 4.90 Å². The Morgan fingerprint density at radius 3 is 2.14 bits per heavy atom. The molecule has 1 rings (SSSR count). The molecule has 0 aromatic rings. The van der Waals surface area contributed by atoms with E-state index in [2.05, 4.69) is 0 Å². The summed E-state index contributed by atoms with van der Waals surface area (Å²) >= 11 is 0.